The first-order valence-electron chi connectivity index (χ1n) is 6.89. The Labute approximate surface area is 95.6 Å². The molecule has 0 aliphatic carbocycles. The summed E-state index contributed by atoms with van der Waals surface area (Å²) in [4.78, 5) is 0. The fourth-order valence-corrected chi connectivity index (χ4v) is 3.19. The first-order valence-corrected chi connectivity index (χ1v) is 6.89. The van der Waals surface area contributed by atoms with Crippen molar-refractivity contribution in [3.8, 4) is 0 Å². The van der Waals surface area contributed by atoms with E-state index >= 15 is 0 Å². The lowest BCUT2D eigenvalue weighted by atomic mass is 9.79. The van der Waals surface area contributed by atoms with E-state index in [0.29, 0.717) is 6.10 Å². The van der Waals surface area contributed by atoms with Crippen LogP contribution in [0, 0.1) is 17.8 Å². The predicted molar refractivity (Wildman–Crippen MR) is 66.0 cm³/mol. The van der Waals surface area contributed by atoms with E-state index in [1.807, 2.05) is 0 Å². The number of hydrogen-bond donors (Lipinski definition) is 0. The minimum atomic E-state index is 0.560. The Kier molecular flexibility index (Phi) is 5.66. The molecule has 1 nitrogen and oxygen atoms in total. The summed E-state index contributed by atoms with van der Waals surface area (Å²) in [5, 5.41) is 0. The van der Waals surface area contributed by atoms with Crippen molar-refractivity contribution in [1.82, 2.24) is 0 Å². The van der Waals surface area contributed by atoms with Gasteiger partial charge < -0.3 is 4.74 Å². The van der Waals surface area contributed by atoms with E-state index in [9.17, 15) is 0 Å². The highest BCUT2D eigenvalue weighted by atomic mass is 16.5. The number of ether oxygens (including phenoxy) is 1. The molecule has 15 heavy (non-hydrogen) atoms. The van der Waals surface area contributed by atoms with Crippen molar-refractivity contribution >= 4 is 0 Å². The lowest BCUT2D eigenvalue weighted by molar-refractivity contribution is 0.0353. The molecular formula is C14H28O. The fraction of sp³-hybridized carbons (Fsp3) is 1.00. The second kappa shape index (κ2) is 6.52. The Balaban J connectivity index is 2.59. The molecule has 0 aromatic carbocycles. The van der Waals surface area contributed by atoms with Crippen LogP contribution in [0.4, 0.5) is 0 Å². The molecule has 1 heteroatoms. The van der Waals surface area contributed by atoms with Crippen molar-refractivity contribution < 1.29 is 4.74 Å². The van der Waals surface area contributed by atoms with Crippen LogP contribution in [-0.4, -0.2) is 12.7 Å². The monoisotopic (exact) mass is 212 g/mol. The van der Waals surface area contributed by atoms with Crippen LogP contribution in [0.15, 0.2) is 0 Å². The molecule has 0 saturated carbocycles. The SMILES string of the molecule is CCCC(CC)C1OCC(CC)C1CC. The summed E-state index contributed by atoms with van der Waals surface area (Å²) < 4.78 is 6.07. The molecule has 0 amide bonds. The summed E-state index contributed by atoms with van der Waals surface area (Å²) in [6.45, 7) is 10.2. The Bertz CT molecular complexity index is 167. The summed E-state index contributed by atoms with van der Waals surface area (Å²) in [6.07, 6.45) is 7.07. The standard InChI is InChI=1S/C14H28O/c1-5-9-11(6-2)14-13(8-4)12(7-3)10-15-14/h11-14H,5-10H2,1-4H3. The van der Waals surface area contributed by atoms with Crippen LogP contribution in [-0.2, 0) is 4.74 Å². The largest absolute Gasteiger partial charge is 0.377 e. The van der Waals surface area contributed by atoms with Gasteiger partial charge in [0.1, 0.15) is 0 Å². The highest BCUT2D eigenvalue weighted by molar-refractivity contribution is 4.86. The van der Waals surface area contributed by atoms with Crippen LogP contribution in [0.25, 0.3) is 0 Å². The second-order valence-electron chi connectivity index (χ2n) is 5.00. The normalized spacial score (nSPS) is 33.2. The van der Waals surface area contributed by atoms with Gasteiger partial charge in [0.25, 0.3) is 0 Å². The molecule has 1 fully saturated rings. The molecule has 0 radical (unpaired) electrons. The molecule has 1 aliphatic heterocycles. The van der Waals surface area contributed by atoms with Crippen molar-refractivity contribution in [2.75, 3.05) is 6.61 Å². The third-order valence-corrected chi connectivity index (χ3v) is 4.17. The van der Waals surface area contributed by atoms with E-state index < -0.39 is 0 Å². The van der Waals surface area contributed by atoms with E-state index in [0.717, 1.165) is 24.4 Å². The molecule has 0 N–H and O–H groups in total. The summed E-state index contributed by atoms with van der Waals surface area (Å²) in [6, 6.07) is 0. The van der Waals surface area contributed by atoms with Gasteiger partial charge in [-0.1, -0.05) is 53.4 Å². The van der Waals surface area contributed by atoms with Gasteiger partial charge in [0.15, 0.2) is 0 Å². The zero-order chi connectivity index (χ0) is 11.3. The molecule has 1 rings (SSSR count). The molecule has 4 atom stereocenters. The van der Waals surface area contributed by atoms with E-state index in [1.165, 1.54) is 32.1 Å². The van der Waals surface area contributed by atoms with E-state index in [1.54, 1.807) is 0 Å². The second-order valence-corrected chi connectivity index (χ2v) is 5.00. The maximum absolute atomic E-state index is 6.07. The molecule has 0 aromatic rings. The topological polar surface area (TPSA) is 9.23 Å². The average molecular weight is 212 g/mol. The quantitative estimate of drug-likeness (QED) is 0.639. The van der Waals surface area contributed by atoms with Gasteiger partial charge in [-0.25, -0.2) is 0 Å². The fourth-order valence-electron chi connectivity index (χ4n) is 3.19. The minimum Gasteiger partial charge on any atom is -0.377 e. The Hall–Kier alpha value is -0.0400. The molecular weight excluding hydrogens is 184 g/mol. The Morgan fingerprint density at radius 2 is 1.87 bits per heavy atom. The molecule has 0 bridgehead atoms. The molecule has 1 saturated heterocycles. The van der Waals surface area contributed by atoms with Crippen LogP contribution in [0.5, 0.6) is 0 Å². The van der Waals surface area contributed by atoms with E-state index in [4.69, 9.17) is 4.74 Å². The molecule has 4 unspecified atom stereocenters. The van der Waals surface area contributed by atoms with Gasteiger partial charge >= 0.3 is 0 Å². The van der Waals surface area contributed by atoms with Crippen LogP contribution in [0.1, 0.15) is 59.8 Å². The van der Waals surface area contributed by atoms with Crippen LogP contribution < -0.4 is 0 Å². The van der Waals surface area contributed by atoms with Crippen molar-refractivity contribution in [2.24, 2.45) is 17.8 Å². The lowest BCUT2D eigenvalue weighted by Gasteiger charge is -2.27. The van der Waals surface area contributed by atoms with Crippen LogP contribution in [0.2, 0.25) is 0 Å². The molecule has 1 heterocycles. The third kappa shape index (κ3) is 2.96. The maximum atomic E-state index is 6.07. The van der Waals surface area contributed by atoms with Gasteiger partial charge in [-0.15, -0.1) is 0 Å². The highest BCUT2D eigenvalue weighted by Gasteiger charge is 2.38. The third-order valence-electron chi connectivity index (χ3n) is 4.17. The van der Waals surface area contributed by atoms with Gasteiger partial charge in [-0.05, 0) is 24.2 Å². The molecule has 0 aromatic heterocycles. The minimum absolute atomic E-state index is 0.560. The smallest absolute Gasteiger partial charge is 0.0634 e. The van der Waals surface area contributed by atoms with Crippen molar-refractivity contribution in [3.63, 3.8) is 0 Å². The molecule has 0 spiro atoms. The van der Waals surface area contributed by atoms with Crippen molar-refractivity contribution in [3.05, 3.63) is 0 Å². The average Bonchev–Trinajstić information content (AvgIpc) is 2.68. The van der Waals surface area contributed by atoms with Crippen molar-refractivity contribution in [1.29, 1.82) is 0 Å². The Morgan fingerprint density at radius 1 is 1.13 bits per heavy atom. The number of rotatable bonds is 6. The summed E-state index contributed by atoms with van der Waals surface area (Å²) in [5.74, 6) is 2.45. The summed E-state index contributed by atoms with van der Waals surface area (Å²) in [7, 11) is 0. The zero-order valence-corrected chi connectivity index (χ0v) is 11.0. The maximum Gasteiger partial charge on any atom is 0.0634 e. The number of hydrogen-bond acceptors (Lipinski definition) is 1. The first kappa shape index (κ1) is 13.0. The lowest BCUT2D eigenvalue weighted by Crippen LogP contribution is -2.27. The zero-order valence-electron chi connectivity index (χ0n) is 11.0. The van der Waals surface area contributed by atoms with Gasteiger partial charge in [0.05, 0.1) is 12.7 Å². The first-order chi connectivity index (χ1) is 7.28. The van der Waals surface area contributed by atoms with Gasteiger partial charge in [-0.2, -0.15) is 0 Å². The van der Waals surface area contributed by atoms with E-state index in [-0.39, 0.29) is 0 Å². The van der Waals surface area contributed by atoms with Gasteiger partial charge in [0, 0.05) is 0 Å². The van der Waals surface area contributed by atoms with Crippen LogP contribution >= 0.6 is 0 Å². The van der Waals surface area contributed by atoms with Crippen LogP contribution in [0.3, 0.4) is 0 Å². The highest BCUT2D eigenvalue weighted by Crippen LogP contribution is 2.38. The summed E-state index contributed by atoms with van der Waals surface area (Å²) in [5.41, 5.74) is 0. The van der Waals surface area contributed by atoms with Gasteiger partial charge in [0.2, 0.25) is 0 Å². The van der Waals surface area contributed by atoms with Gasteiger partial charge in [-0.3, -0.25) is 0 Å². The van der Waals surface area contributed by atoms with E-state index in [2.05, 4.69) is 27.7 Å². The Morgan fingerprint density at radius 3 is 2.33 bits per heavy atom. The molecule has 90 valence electrons. The molecule has 1 aliphatic rings. The summed E-state index contributed by atoms with van der Waals surface area (Å²) >= 11 is 0. The van der Waals surface area contributed by atoms with Crippen molar-refractivity contribution in [2.45, 2.75) is 65.9 Å². The predicted octanol–water partition coefficient (Wildman–Crippen LogP) is 4.26.